The minimum Gasteiger partial charge on any atom is -0.497 e. The summed E-state index contributed by atoms with van der Waals surface area (Å²) in [4.78, 5) is 14.2. The lowest BCUT2D eigenvalue weighted by Gasteiger charge is -2.23. The first kappa shape index (κ1) is 19.6. The van der Waals surface area contributed by atoms with E-state index in [1.165, 1.54) is 30.9 Å². The molecule has 0 aliphatic carbocycles. The van der Waals surface area contributed by atoms with Crippen LogP contribution in [0.4, 0.5) is 5.82 Å². The molecule has 0 bridgehead atoms. The van der Waals surface area contributed by atoms with E-state index in [1.807, 2.05) is 18.2 Å². The number of fused-ring (bicyclic) bond motifs is 1. The molecule has 1 fully saturated rings. The van der Waals surface area contributed by atoms with Crippen molar-refractivity contribution in [2.75, 3.05) is 25.9 Å². The van der Waals surface area contributed by atoms with Gasteiger partial charge in [-0.2, -0.15) is 0 Å². The van der Waals surface area contributed by atoms with Gasteiger partial charge in [0, 0.05) is 17.0 Å². The highest BCUT2D eigenvalue weighted by atomic mass is 32.2. The van der Waals surface area contributed by atoms with Crippen molar-refractivity contribution in [3.8, 4) is 18.1 Å². The number of imidazole rings is 1. The summed E-state index contributed by atoms with van der Waals surface area (Å²) in [5, 5.41) is 4.23. The van der Waals surface area contributed by atoms with E-state index in [1.54, 1.807) is 7.11 Å². The van der Waals surface area contributed by atoms with Crippen molar-refractivity contribution in [2.45, 2.75) is 35.9 Å². The largest absolute Gasteiger partial charge is 0.497 e. The molecule has 1 aliphatic rings. The molecule has 3 aromatic rings. The predicted octanol–water partition coefficient (Wildman–Crippen LogP) is 2.94. The second kappa shape index (κ2) is 8.72. The second-order valence-corrected chi connectivity index (χ2v) is 8.08. The first-order valence-electron chi connectivity index (χ1n) is 9.69. The van der Waals surface area contributed by atoms with Gasteiger partial charge in [-0.15, -0.1) is 6.42 Å². The van der Waals surface area contributed by atoms with Crippen molar-refractivity contribution in [1.82, 2.24) is 24.8 Å². The van der Waals surface area contributed by atoms with Crippen LogP contribution in [0.5, 0.6) is 5.75 Å². The first-order valence-corrected chi connectivity index (χ1v) is 10.5. The van der Waals surface area contributed by atoms with Crippen LogP contribution >= 0.6 is 11.8 Å². The Labute approximate surface area is 174 Å². The van der Waals surface area contributed by atoms with Gasteiger partial charge in [0.15, 0.2) is 22.1 Å². The Balaban J connectivity index is 1.70. The summed E-state index contributed by atoms with van der Waals surface area (Å²) in [7, 11) is 1.64. The van der Waals surface area contributed by atoms with Crippen molar-refractivity contribution >= 4 is 28.7 Å². The summed E-state index contributed by atoms with van der Waals surface area (Å²) in [6.07, 6.45) is 10.7. The number of rotatable bonds is 6. The highest BCUT2D eigenvalue weighted by molar-refractivity contribution is 7.99. The zero-order chi connectivity index (χ0) is 20.2. The maximum atomic E-state index is 6.08. The zero-order valence-corrected chi connectivity index (χ0v) is 17.2. The molecule has 3 heterocycles. The minimum atomic E-state index is 0.389. The Hall–Kier alpha value is -2.76. The highest BCUT2D eigenvalue weighted by Gasteiger charge is 2.19. The molecule has 1 saturated heterocycles. The van der Waals surface area contributed by atoms with Crippen LogP contribution in [0.25, 0.3) is 11.2 Å². The third kappa shape index (κ3) is 4.16. The molecular formula is C21H24N6OS. The number of terminal acetylenes is 1. The molecule has 2 aromatic heterocycles. The number of nitrogens with zero attached hydrogens (tertiary/aromatic N) is 4. The molecule has 3 N–H and O–H groups in total. The van der Waals surface area contributed by atoms with Crippen molar-refractivity contribution in [3.05, 3.63) is 30.1 Å². The molecule has 0 amide bonds. The fourth-order valence-electron chi connectivity index (χ4n) is 3.63. The number of aromatic nitrogens is 4. The van der Waals surface area contributed by atoms with Gasteiger partial charge in [0.05, 0.1) is 7.11 Å². The quantitative estimate of drug-likeness (QED) is 0.606. The fraction of sp³-hybridized carbons (Fsp3) is 0.381. The lowest BCUT2D eigenvalue weighted by atomic mass is 9.95. The third-order valence-corrected chi connectivity index (χ3v) is 6.34. The van der Waals surface area contributed by atoms with E-state index in [0.29, 0.717) is 17.3 Å². The molecule has 29 heavy (non-hydrogen) atoms. The van der Waals surface area contributed by atoms with Gasteiger partial charge in [-0.3, -0.25) is 0 Å². The van der Waals surface area contributed by atoms with Crippen LogP contribution < -0.4 is 15.8 Å². The van der Waals surface area contributed by atoms with E-state index in [9.17, 15) is 0 Å². The number of nitrogens with one attached hydrogen (secondary N) is 1. The highest BCUT2D eigenvalue weighted by Crippen LogP contribution is 2.35. The van der Waals surface area contributed by atoms with Crippen LogP contribution in [0.15, 0.2) is 34.6 Å². The lowest BCUT2D eigenvalue weighted by Crippen LogP contribution is -2.28. The second-order valence-electron chi connectivity index (χ2n) is 7.07. The van der Waals surface area contributed by atoms with Crippen LogP contribution in [0.2, 0.25) is 0 Å². The monoisotopic (exact) mass is 408 g/mol. The van der Waals surface area contributed by atoms with Gasteiger partial charge >= 0.3 is 0 Å². The smallest absolute Gasteiger partial charge is 0.175 e. The van der Waals surface area contributed by atoms with E-state index >= 15 is 0 Å². The van der Waals surface area contributed by atoms with Gasteiger partial charge in [0.1, 0.15) is 12.1 Å². The maximum absolute atomic E-state index is 6.08. The van der Waals surface area contributed by atoms with Gasteiger partial charge < -0.3 is 20.4 Å². The first-order chi connectivity index (χ1) is 14.2. The van der Waals surface area contributed by atoms with E-state index in [0.717, 1.165) is 53.1 Å². The van der Waals surface area contributed by atoms with Crippen molar-refractivity contribution in [2.24, 2.45) is 5.92 Å². The predicted molar refractivity (Wildman–Crippen MR) is 115 cm³/mol. The molecule has 1 aromatic carbocycles. The SMILES string of the molecule is C#Cc1ccc(OC)cc1Sc1nc2c(N)ncnc2n1CCC1CCNCC1. The number of nitrogens with two attached hydrogens (primary N) is 1. The third-order valence-electron chi connectivity index (χ3n) is 5.29. The molecule has 4 rings (SSSR count). The van der Waals surface area contributed by atoms with E-state index < -0.39 is 0 Å². The van der Waals surface area contributed by atoms with Crippen LogP contribution in [0.1, 0.15) is 24.8 Å². The summed E-state index contributed by atoms with van der Waals surface area (Å²) in [5.41, 5.74) is 8.27. The number of aryl methyl sites for hydroxylation is 1. The number of nitrogen functional groups attached to an aromatic ring is 1. The van der Waals surface area contributed by atoms with Crippen molar-refractivity contribution in [1.29, 1.82) is 0 Å². The molecule has 0 radical (unpaired) electrons. The Morgan fingerprint density at radius 2 is 2.17 bits per heavy atom. The number of methoxy groups -OCH3 is 1. The summed E-state index contributed by atoms with van der Waals surface area (Å²) in [6, 6.07) is 5.69. The number of benzene rings is 1. The molecular weight excluding hydrogens is 384 g/mol. The van der Waals surface area contributed by atoms with Crippen LogP contribution in [0.3, 0.4) is 0 Å². The molecule has 0 unspecified atom stereocenters. The number of hydrogen-bond acceptors (Lipinski definition) is 7. The molecule has 0 saturated carbocycles. The van der Waals surface area contributed by atoms with Crippen molar-refractivity contribution < 1.29 is 4.74 Å². The Kier molecular flexibility index (Phi) is 5.88. The summed E-state index contributed by atoms with van der Waals surface area (Å²) < 4.78 is 7.51. The maximum Gasteiger partial charge on any atom is 0.175 e. The number of piperidine rings is 1. The Bertz CT molecular complexity index is 1050. The van der Waals surface area contributed by atoms with E-state index in [2.05, 4.69) is 25.8 Å². The number of anilines is 1. The topological polar surface area (TPSA) is 90.9 Å². The van der Waals surface area contributed by atoms with Gasteiger partial charge in [-0.05, 0) is 56.5 Å². The van der Waals surface area contributed by atoms with Crippen molar-refractivity contribution in [3.63, 3.8) is 0 Å². The minimum absolute atomic E-state index is 0.389. The summed E-state index contributed by atoms with van der Waals surface area (Å²) in [6.45, 7) is 3.00. The van der Waals surface area contributed by atoms with Gasteiger partial charge in [0.25, 0.3) is 0 Å². The lowest BCUT2D eigenvalue weighted by molar-refractivity contribution is 0.335. The summed E-state index contributed by atoms with van der Waals surface area (Å²) in [5.74, 6) is 4.58. The van der Waals surface area contributed by atoms with Crippen LogP contribution in [-0.2, 0) is 6.54 Å². The molecule has 150 valence electrons. The van der Waals surface area contributed by atoms with E-state index in [-0.39, 0.29) is 0 Å². The molecule has 1 aliphatic heterocycles. The zero-order valence-electron chi connectivity index (χ0n) is 16.4. The number of hydrogen-bond donors (Lipinski definition) is 2. The fourth-order valence-corrected chi connectivity index (χ4v) is 4.66. The number of ether oxygens (including phenoxy) is 1. The average Bonchev–Trinajstić information content (AvgIpc) is 3.11. The standard InChI is InChI=1S/C21H24N6OS/c1-3-15-4-5-16(28-2)12-17(15)29-21-26-18-19(22)24-13-25-20(18)27(21)11-8-14-6-9-23-10-7-14/h1,4-5,12-14,23H,6-11H2,2H3,(H2,22,24,25). The van der Waals surface area contributed by atoms with Crippen LogP contribution in [0, 0.1) is 18.3 Å². The van der Waals surface area contributed by atoms with E-state index in [4.69, 9.17) is 21.9 Å². The Morgan fingerprint density at radius 3 is 2.93 bits per heavy atom. The summed E-state index contributed by atoms with van der Waals surface area (Å²) >= 11 is 1.51. The molecule has 0 atom stereocenters. The molecule has 0 spiro atoms. The average molecular weight is 409 g/mol. The Morgan fingerprint density at radius 1 is 1.34 bits per heavy atom. The van der Waals surface area contributed by atoms with Gasteiger partial charge in [-0.1, -0.05) is 17.7 Å². The normalized spacial score (nSPS) is 14.8. The van der Waals surface area contributed by atoms with Crippen LogP contribution in [-0.4, -0.2) is 39.7 Å². The van der Waals surface area contributed by atoms with Gasteiger partial charge in [0.2, 0.25) is 0 Å². The molecule has 8 heteroatoms. The molecule has 7 nitrogen and oxygen atoms in total. The van der Waals surface area contributed by atoms with Gasteiger partial charge in [-0.25, -0.2) is 15.0 Å².